The Morgan fingerprint density at radius 3 is 2.38 bits per heavy atom. The van der Waals surface area contributed by atoms with Crippen LogP contribution in [-0.4, -0.2) is 34.1 Å². The molecule has 0 atom stereocenters. The van der Waals surface area contributed by atoms with Gasteiger partial charge in [-0.3, -0.25) is 9.59 Å². The summed E-state index contributed by atoms with van der Waals surface area (Å²) in [6.45, 7) is 2.25. The number of rotatable bonds is 9. The molecule has 0 radical (unpaired) electrons. The molecule has 1 aromatic heterocycles. The zero-order chi connectivity index (χ0) is 20.6. The van der Waals surface area contributed by atoms with Gasteiger partial charge in [-0.2, -0.15) is 0 Å². The molecule has 0 fully saturated rings. The molecule has 0 bridgehead atoms. The Morgan fingerprint density at radius 1 is 1.07 bits per heavy atom. The minimum atomic E-state index is -0.432. The van der Waals surface area contributed by atoms with Crippen LogP contribution in [0.4, 0.5) is 5.69 Å². The van der Waals surface area contributed by atoms with Gasteiger partial charge in [0.2, 0.25) is 11.8 Å². The number of para-hydroxylation sites is 1. The van der Waals surface area contributed by atoms with E-state index in [0.717, 1.165) is 23.5 Å². The van der Waals surface area contributed by atoms with E-state index in [2.05, 4.69) is 22.1 Å². The summed E-state index contributed by atoms with van der Waals surface area (Å²) in [6.07, 6.45) is 0.860. The SMILES string of the molecule is Cc1[nH]c(SCC(=O)N(CCC(N)=O)c2ccccc2)nc1Cc1ccccc1. The summed E-state index contributed by atoms with van der Waals surface area (Å²) < 4.78 is 0. The lowest BCUT2D eigenvalue weighted by Gasteiger charge is -2.22. The number of hydrogen-bond donors (Lipinski definition) is 2. The quantitative estimate of drug-likeness (QED) is 0.531. The highest BCUT2D eigenvalue weighted by Gasteiger charge is 2.18. The molecule has 3 rings (SSSR count). The number of benzene rings is 2. The van der Waals surface area contributed by atoms with E-state index in [0.29, 0.717) is 5.16 Å². The average Bonchev–Trinajstić information content (AvgIpc) is 3.07. The summed E-state index contributed by atoms with van der Waals surface area (Å²) in [7, 11) is 0. The third-order valence-corrected chi connectivity index (χ3v) is 5.32. The molecule has 0 saturated carbocycles. The van der Waals surface area contributed by atoms with Gasteiger partial charge in [0.15, 0.2) is 5.16 Å². The highest BCUT2D eigenvalue weighted by molar-refractivity contribution is 7.99. The molecule has 3 N–H and O–H groups in total. The number of thioether (sulfide) groups is 1. The first-order chi connectivity index (χ1) is 14.0. The number of carbonyl (C=O) groups excluding carboxylic acids is 2. The van der Waals surface area contributed by atoms with E-state index >= 15 is 0 Å². The maximum absolute atomic E-state index is 12.8. The molecular formula is C22H24N4O2S. The molecule has 0 aliphatic rings. The van der Waals surface area contributed by atoms with Gasteiger partial charge in [-0.25, -0.2) is 4.98 Å². The largest absolute Gasteiger partial charge is 0.370 e. The third-order valence-electron chi connectivity index (χ3n) is 4.46. The molecule has 0 saturated heterocycles. The number of anilines is 1. The van der Waals surface area contributed by atoms with Crippen molar-refractivity contribution < 1.29 is 9.59 Å². The predicted octanol–water partition coefficient (Wildman–Crippen LogP) is 3.31. The lowest BCUT2D eigenvalue weighted by atomic mass is 10.1. The second kappa shape index (κ2) is 9.93. The Bertz CT molecular complexity index is 957. The highest BCUT2D eigenvalue weighted by Crippen LogP contribution is 2.21. The van der Waals surface area contributed by atoms with Gasteiger partial charge in [-0.05, 0) is 24.6 Å². The van der Waals surface area contributed by atoms with Crippen LogP contribution in [-0.2, 0) is 16.0 Å². The summed E-state index contributed by atoms with van der Waals surface area (Å²) in [5, 5.41) is 0.713. The first kappa shape index (κ1) is 20.7. The first-order valence-electron chi connectivity index (χ1n) is 9.39. The first-order valence-corrected chi connectivity index (χ1v) is 10.4. The van der Waals surface area contributed by atoms with Crippen LogP contribution in [0.1, 0.15) is 23.4 Å². The van der Waals surface area contributed by atoms with Crippen LogP contribution in [0.2, 0.25) is 0 Å². The van der Waals surface area contributed by atoms with E-state index in [1.165, 1.54) is 17.3 Å². The van der Waals surface area contributed by atoms with Crippen molar-refractivity contribution in [3.63, 3.8) is 0 Å². The zero-order valence-electron chi connectivity index (χ0n) is 16.3. The van der Waals surface area contributed by atoms with Crippen LogP contribution in [0.5, 0.6) is 0 Å². The Balaban J connectivity index is 1.65. The molecule has 0 aliphatic heterocycles. The van der Waals surface area contributed by atoms with Gasteiger partial charge in [0.25, 0.3) is 0 Å². The maximum Gasteiger partial charge on any atom is 0.237 e. The Labute approximate surface area is 174 Å². The average molecular weight is 409 g/mol. The number of aryl methyl sites for hydroxylation is 1. The number of imidazole rings is 1. The minimum absolute atomic E-state index is 0.0962. The fourth-order valence-corrected chi connectivity index (χ4v) is 3.75. The lowest BCUT2D eigenvalue weighted by Crippen LogP contribution is -2.35. The van der Waals surface area contributed by atoms with Crippen molar-refractivity contribution in [1.29, 1.82) is 0 Å². The van der Waals surface area contributed by atoms with E-state index in [4.69, 9.17) is 5.73 Å². The van der Waals surface area contributed by atoms with Gasteiger partial charge in [-0.1, -0.05) is 60.3 Å². The van der Waals surface area contributed by atoms with E-state index < -0.39 is 5.91 Å². The smallest absolute Gasteiger partial charge is 0.237 e. The van der Waals surface area contributed by atoms with Crippen LogP contribution >= 0.6 is 11.8 Å². The van der Waals surface area contributed by atoms with Gasteiger partial charge >= 0.3 is 0 Å². The summed E-state index contributed by atoms with van der Waals surface area (Å²) in [5.74, 6) is -0.314. The topological polar surface area (TPSA) is 92.1 Å². The van der Waals surface area contributed by atoms with Crippen molar-refractivity contribution in [3.8, 4) is 0 Å². The number of nitrogens with zero attached hydrogens (tertiary/aromatic N) is 2. The maximum atomic E-state index is 12.8. The summed E-state index contributed by atoms with van der Waals surface area (Å²) in [6, 6.07) is 19.4. The summed E-state index contributed by atoms with van der Waals surface area (Å²) >= 11 is 1.36. The molecule has 0 aliphatic carbocycles. The third kappa shape index (κ3) is 5.96. The second-order valence-electron chi connectivity index (χ2n) is 6.66. The Hall–Kier alpha value is -3.06. The van der Waals surface area contributed by atoms with Crippen LogP contribution in [0.3, 0.4) is 0 Å². The number of nitrogens with two attached hydrogens (primary N) is 1. The van der Waals surface area contributed by atoms with E-state index in [-0.39, 0.29) is 24.6 Å². The van der Waals surface area contributed by atoms with Gasteiger partial charge < -0.3 is 15.6 Å². The number of aromatic amines is 1. The fraction of sp³-hybridized carbons (Fsp3) is 0.227. The molecule has 7 heteroatoms. The van der Waals surface area contributed by atoms with Crippen molar-refractivity contribution in [2.75, 3.05) is 17.2 Å². The molecular weight excluding hydrogens is 384 g/mol. The van der Waals surface area contributed by atoms with Crippen LogP contribution in [0, 0.1) is 6.92 Å². The van der Waals surface area contributed by atoms with Gasteiger partial charge in [0, 0.05) is 30.8 Å². The van der Waals surface area contributed by atoms with Crippen molar-refractivity contribution in [2.24, 2.45) is 5.73 Å². The van der Waals surface area contributed by atoms with Gasteiger partial charge in [0.1, 0.15) is 0 Å². The Kier molecular flexibility index (Phi) is 7.08. The lowest BCUT2D eigenvalue weighted by molar-refractivity contribution is -0.118. The minimum Gasteiger partial charge on any atom is -0.370 e. The molecule has 2 aromatic carbocycles. The summed E-state index contributed by atoms with van der Waals surface area (Å²) in [4.78, 5) is 33.5. The fourth-order valence-electron chi connectivity index (χ4n) is 2.93. The number of nitrogens with one attached hydrogen (secondary N) is 1. The van der Waals surface area contributed by atoms with Crippen molar-refractivity contribution in [1.82, 2.24) is 9.97 Å². The predicted molar refractivity (Wildman–Crippen MR) is 116 cm³/mol. The van der Waals surface area contributed by atoms with E-state index in [1.807, 2.05) is 55.5 Å². The number of primary amides is 1. The molecule has 0 unspecified atom stereocenters. The van der Waals surface area contributed by atoms with Crippen LogP contribution in [0.15, 0.2) is 65.8 Å². The van der Waals surface area contributed by atoms with Crippen molar-refractivity contribution in [2.45, 2.75) is 24.9 Å². The van der Waals surface area contributed by atoms with E-state index in [9.17, 15) is 9.59 Å². The van der Waals surface area contributed by atoms with Gasteiger partial charge in [0.05, 0.1) is 11.4 Å². The molecule has 150 valence electrons. The number of amides is 2. The number of hydrogen-bond acceptors (Lipinski definition) is 4. The standard InChI is InChI=1S/C22H24N4O2S/c1-16-19(14-17-8-4-2-5-9-17)25-22(24-16)29-15-21(28)26(13-12-20(23)27)18-10-6-3-7-11-18/h2-11H,12-15H2,1H3,(H2,23,27)(H,24,25). The normalized spacial score (nSPS) is 10.7. The molecule has 6 nitrogen and oxygen atoms in total. The monoisotopic (exact) mass is 408 g/mol. The van der Waals surface area contributed by atoms with Crippen LogP contribution < -0.4 is 10.6 Å². The van der Waals surface area contributed by atoms with Gasteiger partial charge in [-0.15, -0.1) is 0 Å². The van der Waals surface area contributed by atoms with Crippen LogP contribution in [0.25, 0.3) is 0 Å². The number of carbonyl (C=O) groups is 2. The number of H-pyrrole nitrogens is 1. The van der Waals surface area contributed by atoms with Crippen molar-refractivity contribution in [3.05, 3.63) is 77.6 Å². The molecule has 3 aromatic rings. The van der Waals surface area contributed by atoms with Crippen molar-refractivity contribution >= 4 is 29.3 Å². The second-order valence-corrected chi connectivity index (χ2v) is 7.63. The molecule has 2 amide bonds. The van der Waals surface area contributed by atoms with E-state index in [1.54, 1.807) is 4.90 Å². The molecule has 0 spiro atoms. The number of aromatic nitrogens is 2. The summed E-state index contributed by atoms with van der Waals surface area (Å²) in [5.41, 5.74) is 9.18. The zero-order valence-corrected chi connectivity index (χ0v) is 17.1. The highest BCUT2D eigenvalue weighted by atomic mass is 32.2. The molecule has 29 heavy (non-hydrogen) atoms. The Morgan fingerprint density at radius 2 is 1.72 bits per heavy atom. The molecule has 1 heterocycles.